The summed E-state index contributed by atoms with van der Waals surface area (Å²) in [5.41, 5.74) is 5.87. The molecular weight excluding hydrogens is 186 g/mol. The van der Waals surface area contributed by atoms with Gasteiger partial charge in [0.25, 0.3) is 0 Å². The predicted molar refractivity (Wildman–Crippen MR) is 53.0 cm³/mol. The van der Waals surface area contributed by atoms with Gasteiger partial charge in [0.1, 0.15) is 4.88 Å². The van der Waals surface area contributed by atoms with Gasteiger partial charge in [-0.3, -0.25) is 0 Å². The first kappa shape index (κ1) is 10.2. The van der Waals surface area contributed by atoms with Crippen molar-refractivity contribution in [2.75, 3.05) is 0 Å². The highest BCUT2D eigenvalue weighted by Crippen LogP contribution is 2.26. The molecule has 1 rings (SSSR count). The first-order valence-corrected chi connectivity index (χ1v) is 4.92. The minimum atomic E-state index is -0.882. The molecule has 0 radical (unpaired) electrons. The number of hydrogen-bond acceptors (Lipinski definition) is 3. The molecule has 13 heavy (non-hydrogen) atoms. The molecule has 0 aliphatic heterocycles. The minimum Gasteiger partial charge on any atom is -0.477 e. The summed E-state index contributed by atoms with van der Waals surface area (Å²) in [6, 6.07) is 3.33. The van der Waals surface area contributed by atoms with Crippen LogP contribution in [0, 0.1) is 5.92 Å². The lowest BCUT2D eigenvalue weighted by molar-refractivity contribution is 0.0702. The Bertz CT molecular complexity index is 306. The summed E-state index contributed by atoms with van der Waals surface area (Å²) < 4.78 is 0. The Morgan fingerprint density at radius 1 is 1.54 bits per heavy atom. The van der Waals surface area contributed by atoms with Crippen molar-refractivity contribution < 1.29 is 9.90 Å². The van der Waals surface area contributed by atoms with Crippen molar-refractivity contribution in [3.63, 3.8) is 0 Å². The zero-order valence-electron chi connectivity index (χ0n) is 7.65. The number of rotatable bonds is 3. The van der Waals surface area contributed by atoms with Gasteiger partial charge in [0, 0.05) is 10.9 Å². The molecule has 0 aliphatic carbocycles. The van der Waals surface area contributed by atoms with Crippen LogP contribution in [0.2, 0.25) is 0 Å². The van der Waals surface area contributed by atoms with Crippen molar-refractivity contribution >= 4 is 17.3 Å². The maximum atomic E-state index is 10.6. The van der Waals surface area contributed by atoms with Gasteiger partial charge in [-0.25, -0.2) is 4.79 Å². The van der Waals surface area contributed by atoms with Crippen LogP contribution in [0.5, 0.6) is 0 Å². The monoisotopic (exact) mass is 199 g/mol. The Morgan fingerprint density at radius 3 is 2.54 bits per heavy atom. The highest BCUT2D eigenvalue weighted by Gasteiger charge is 2.14. The van der Waals surface area contributed by atoms with Gasteiger partial charge in [-0.05, 0) is 18.1 Å². The molecule has 1 heterocycles. The molecule has 0 fully saturated rings. The molecule has 3 nitrogen and oxygen atoms in total. The molecule has 4 heteroatoms. The number of carboxylic acids is 1. The third-order valence-electron chi connectivity index (χ3n) is 1.88. The van der Waals surface area contributed by atoms with Gasteiger partial charge in [-0.1, -0.05) is 13.8 Å². The second kappa shape index (κ2) is 3.89. The molecule has 0 aromatic carbocycles. The van der Waals surface area contributed by atoms with Crippen LogP contribution in [-0.4, -0.2) is 11.1 Å². The van der Waals surface area contributed by atoms with Gasteiger partial charge >= 0.3 is 5.97 Å². The average Bonchev–Trinajstić information content (AvgIpc) is 2.50. The van der Waals surface area contributed by atoms with E-state index in [0.717, 1.165) is 4.88 Å². The van der Waals surface area contributed by atoms with Crippen molar-refractivity contribution in [1.29, 1.82) is 0 Å². The first-order valence-electron chi connectivity index (χ1n) is 4.11. The summed E-state index contributed by atoms with van der Waals surface area (Å²) >= 11 is 1.25. The van der Waals surface area contributed by atoms with E-state index in [9.17, 15) is 4.79 Å². The van der Waals surface area contributed by atoms with Gasteiger partial charge in [-0.2, -0.15) is 0 Å². The molecule has 72 valence electrons. The standard InChI is InChI=1S/C9H13NO2S/c1-5(2)8(10)6-3-4-7(13-6)9(11)12/h3-5,8H,10H2,1-2H3,(H,11,12). The molecular formula is C9H13NO2S. The summed E-state index contributed by atoms with van der Waals surface area (Å²) in [7, 11) is 0. The number of hydrogen-bond donors (Lipinski definition) is 2. The van der Waals surface area contributed by atoms with E-state index >= 15 is 0 Å². The van der Waals surface area contributed by atoms with Crippen LogP contribution < -0.4 is 5.73 Å². The fraction of sp³-hybridized carbons (Fsp3) is 0.444. The van der Waals surface area contributed by atoms with E-state index in [1.54, 1.807) is 12.1 Å². The van der Waals surface area contributed by atoms with Crippen LogP contribution >= 0.6 is 11.3 Å². The number of aromatic carboxylic acids is 1. The molecule has 1 unspecified atom stereocenters. The van der Waals surface area contributed by atoms with Crippen LogP contribution in [-0.2, 0) is 0 Å². The Hall–Kier alpha value is -0.870. The van der Waals surface area contributed by atoms with Gasteiger partial charge in [-0.15, -0.1) is 11.3 Å². The lowest BCUT2D eigenvalue weighted by Crippen LogP contribution is -2.14. The molecule has 0 saturated heterocycles. The zero-order valence-corrected chi connectivity index (χ0v) is 8.47. The van der Waals surface area contributed by atoms with Crippen LogP contribution in [0.25, 0.3) is 0 Å². The van der Waals surface area contributed by atoms with Gasteiger partial charge in [0.2, 0.25) is 0 Å². The van der Waals surface area contributed by atoms with Gasteiger partial charge in [0.05, 0.1) is 0 Å². The Kier molecular flexibility index (Phi) is 3.06. The lowest BCUT2D eigenvalue weighted by Gasteiger charge is -2.12. The fourth-order valence-corrected chi connectivity index (χ4v) is 2.00. The second-order valence-electron chi connectivity index (χ2n) is 3.28. The summed E-state index contributed by atoms with van der Waals surface area (Å²) in [4.78, 5) is 11.9. The molecule has 0 amide bonds. The Morgan fingerprint density at radius 2 is 2.15 bits per heavy atom. The van der Waals surface area contributed by atoms with E-state index in [-0.39, 0.29) is 6.04 Å². The first-order chi connectivity index (χ1) is 6.02. The molecule has 0 saturated carbocycles. The van der Waals surface area contributed by atoms with Gasteiger partial charge in [0.15, 0.2) is 0 Å². The SMILES string of the molecule is CC(C)C(N)c1ccc(C(=O)O)s1. The molecule has 1 aromatic rings. The molecule has 3 N–H and O–H groups in total. The molecule has 0 spiro atoms. The number of carbonyl (C=O) groups is 1. The van der Waals surface area contributed by atoms with Crippen LogP contribution in [0.1, 0.15) is 34.4 Å². The smallest absolute Gasteiger partial charge is 0.345 e. The molecule has 0 aliphatic rings. The van der Waals surface area contributed by atoms with Crippen LogP contribution in [0.4, 0.5) is 0 Å². The average molecular weight is 199 g/mol. The summed E-state index contributed by atoms with van der Waals surface area (Å²) in [5.74, 6) is -0.549. The highest BCUT2D eigenvalue weighted by atomic mass is 32.1. The Labute approximate surface area is 81.2 Å². The summed E-state index contributed by atoms with van der Waals surface area (Å²) in [5, 5.41) is 8.69. The van der Waals surface area contributed by atoms with Crippen LogP contribution in [0.15, 0.2) is 12.1 Å². The molecule has 0 bridgehead atoms. The van der Waals surface area contributed by atoms with Crippen molar-refractivity contribution in [1.82, 2.24) is 0 Å². The topological polar surface area (TPSA) is 63.3 Å². The van der Waals surface area contributed by atoms with E-state index in [2.05, 4.69) is 0 Å². The summed E-state index contributed by atoms with van der Waals surface area (Å²) in [6.45, 7) is 4.04. The normalized spacial score (nSPS) is 13.2. The van der Waals surface area contributed by atoms with E-state index < -0.39 is 5.97 Å². The third kappa shape index (κ3) is 2.29. The zero-order chi connectivity index (χ0) is 10.0. The minimum absolute atomic E-state index is 0.0573. The maximum absolute atomic E-state index is 10.6. The maximum Gasteiger partial charge on any atom is 0.345 e. The number of thiophene rings is 1. The molecule has 1 atom stereocenters. The quantitative estimate of drug-likeness (QED) is 0.783. The predicted octanol–water partition coefficient (Wildman–Crippen LogP) is 2.10. The molecule has 1 aromatic heterocycles. The summed E-state index contributed by atoms with van der Waals surface area (Å²) in [6.07, 6.45) is 0. The lowest BCUT2D eigenvalue weighted by atomic mass is 10.0. The van der Waals surface area contributed by atoms with Crippen LogP contribution in [0.3, 0.4) is 0 Å². The third-order valence-corrected chi connectivity index (χ3v) is 3.06. The number of nitrogens with two attached hydrogens (primary N) is 1. The second-order valence-corrected chi connectivity index (χ2v) is 4.39. The fourth-order valence-electron chi connectivity index (χ4n) is 0.975. The van der Waals surface area contributed by atoms with Crippen molar-refractivity contribution in [3.05, 3.63) is 21.9 Å². The Balaban J connectivity index is 2.85. The number of carboxylic acid groups (broad SMARTS) is 1. The van der Waals surface area contributed by atoms with Crippen molar-refractivity contribution in [2.45, 2.75) is 19.9 Å². The van der Waals surface area contributed by atoms with E-state index in [1.165, 1.54) is 11.3 Å². The van der Waals surface area contributed by atoms with E-state index in [0.29, 0.717) is 10.8 Å². The van der Waals surface area contributed by atoms with Crippen molar-refractivity contribution in [2.24, 2.45) is 11.7 Å². The largest absolute Gasteiger partial charge is 0.477 e. The van der Waals surface area contributed by atoms with Crippen molar-refractivity contribution in [3.8, 4) is 0 Å². The van der Waals surface area contributed by atoms with Gasteiger partial charge < -0.3 is 10.8 Å². The van der Waals surface area contributed by atoms with E-state index in [4.69, 9.17) is 10.8 Å². The van der Waals surface area contributed by atoms with E-state index in [1.807, 2.05) is 13.8 Å². The highest BCUT2D eigenvalue weighted by molar-refractivity contribution is 7.14.